The third-order valence-electron chi connectivity index (χ3n) is 2.71. The van der Waals surface area contributed by atoms with E-state index >= 15 is 0 Å². The maximum Gasteiger partial charge on any atom is 0.241 e. The second-order valence-electron chi connectivity index (χ2n) is 4.42. The van der Waals surface area contributed by atoms with Crippen molar-refractivity contribution in [2.45, 2.75) is 26.9 Å². The maximum absolute atomic E-state index is 5.77. The van der Waals surface area contributed by atoms with Gasteiger partial charge in [0.15, 0.2) is 0 Å². The van der Waals surface area contributed by atoms with Crippen molar-refractivity contribution in [1.29, 1.82) is 0 Å². The topological polar surface area (TPSA) is 27.1 Å². The molecule has 1 aromatic carbocycles. The highest BCUT2D eigenvalue weighted by molar-refractivity contribution is 5.71. The van der Waals surface area contributed by atoms with Crippen LogP contribution in [-0.2, 0) is 7.05 Å². The number of rotatable bonds is 3. The minimum atomic E-state index is 0.131. The number of aryl methyl sites for hydroxylation is 1. The molecule has 0 unspecified atom stereocenters. The molecule has 0 atom stereocenters. The molecule has 0 aliphatic heterocycles. The monoisotopic (exact) mass is 230 g/mol. The van der Waals surface area contributed by atoms with E-state index in [0.717, 1.165) is 16.8 Å². The smallest absolute Gasteiger partial charge is 0.241 e. The first kappa shape index (κ1) is 11.7. The predicted molar refractivity (Wildman–Crippen MR) is 69.1 cm³/mol. The summed E-state index contributed by atoms with van der Waals surface area (Å²) in [5, 5.41) is 4.42. The number of nitrogens with zero attached hydrogens (tertiary/aromatic N) is 2. The minimum absolute atomic E-state index is 0.131. The van der Waals surface area contributed by atoms with E-state index in [1.54, 1.807) is 0 Å². The number of hydrogen-bond donors (Lipinski definition) is 0. The van der Waals surface area contributed by atoms with Crippen molar-refractivity contribution in [2.24, 2.45) is 7.05 Å². The second-order valence-corrected chi connectivity index (χ2v) is 4.42. The first-order valence-corrected chi connectivity index (χ1v) is 5.85. The predicted octanol–water partition coefficient (Wildman–Crippen LogP) is 3.18. The van der Waals surface area contributed by atoms with Crippen LogP contribution in [-0.4, -0.2) is 15.9 Å². The summed E-state index contributed by atoms with van der Waals surface area (Å²) in [6.45, 7) is 6.08. The fourth-order valence-corrected chi connectivity index (χ4v) is 1.82. The van der Waals surface area contributed by atoms with Crippen LogP contribution in [0.4, 0.5) is 0 Å². The zero-order valence-electron chi connectivity index (χ0n) is 10.8. The van der Waals surface area contributed by atoms with Crippen LogP contribution >= 0.6 is 0 Å². The highest BCUT2D eigenvalue weighted by Crippen LogP contribution is 2.32. The lowest BCUT2D eigenvalue weighted by Gasteiger charge is -2.09. The largest absolute Gasteiger partial charge is 0.473 e. The molecule has 0 fully saturated rings. The Balaban J connectivity index is 2.52. The van der Waals surface area contributed by atoms with E-state index in [2.05, 4.69) is 24.2 Å². The van der Waals surface area contributed by atoms with E-state index in [0.29, 0.717) is 5.88 Å². The summed E-state index contributed by atoms with van der Waals surface area (Å²) in [5.41, 5.74) is 3.35. The Morgan fingerprint density at radius 1 is 1.18 bits per heavy atom. The second kappa shape index (κ2) is 4.62. The molecule has 0 aliphatic rings. The highest BCUT2D eigenvalue weighted by Gasteiger charge is 2.16. The molecule has 0 saturated carbocycles. The van der Waals surface area contributed by atoms with Crippen molar-refractivity contribution in [2.75, 3.05) is 0 Å². The SMILES string of the molecule is Cc1c(-c2ccccc2)c(OC(C)C)nn1C. The zero-order chi connectivity index (χ0) is 12.4. The van der Waals surface area contributed by atoms with Crippen LogP contribution in [0, 0.1) is 6.92 Å². The third kappa shape index (κ3) is 2.33. The van der Waals surface area contributed by atoms with E-state index in [9.17, 15) is 0 Å². The van der Waals surface area contributed by atoms with Gasteiger partial charge in [0.1, 0.15) is 0 Å². The van der Waals surface area contributed by atoms with Gasteiger partial charge in [0.05, 0.1) is 11.7 Å². The van der Waals surface area contributed by atoms with Gasteiger partial charge < -0.3 is 4.74 Å². The van der Waals surface area contributed by atoms with Gasteiger partial charge in [-0.05, 0) is 26.3 Å². The third-order valence-corrected chi connectivity index (χ3v) is 2.71. The van der Waals surface area contributed by atoms with Crippen LogP contribution in [0.1, 0.15) is 19.5 Å². The van der Waals surface area contributed by atoms with Gasteiger partial charge in [-0.25, -0.2) is 0 Å². The van der Waals surface area contributed by atoms with Crippen molar-refractivity contribution < 1.29 is 4.74 Å². The Bertz CT molecular complexity index is 500. The molecular weight excluding hydrogens is 212 g/mol. The van der Waals surface area contributed by atoms with Crippen molar-refractivity contribution in [3.8, 4) is 17.0 Å². The van der Waals surface area contributed by atoms with Gasteiger partial charge in [-0.1, -0.05) is 30.3 Å². The Morgan fingerprint density at radius 2 is 1.82 bits per heavy atom. The molecule has 0 saturated heterocycles. The van der Waals surface area contributed by atoms with Crippen LogP contribution < -0.4 is 4.74 Å². The molecule has 17 heavy (non-hydrogen) atoms. The Kier molecular flexibility index (Phi) is 3.18. The van der Waals surface area contributed by atoms with Crippen LogP contribution in [0.3, 0.4) is 0 Å². The number of benzene rings is 1. The number of aromatic nitrogens is 2. The summed E-state index contributed by atoms with van der Waals surface area (Å²) in [6, 6.07) is 10.2. The summed E-state index contributed by atoms with van der Waals surface area (Å²) in [5.74, 6) is 0.714. The Labute approximate surface area is 102 Å². The quantitative estimate of drug-likeness (QED) is 0.809. The highest BCUT2D eigenvalue weighted by atomic mass is 16.5. The zero-order valence-corrected chi connectivity index (χ0v) is 10.8. The van der Waals surface area contributed by atoms with E-state index in [4.69, 9.17) is 4.74 Å². The molecule has 0 N–H and O–H groups in total. The molecule has 3 nitrogen and oxygen atoms in total. The molecule has 0 spiro atoms. The van der Waals surface area contributed by atoms with Gasteiger partial charge in [0.2, 0.25) is 5.88 Å². The Morgan fingerprint density at radius 3 is 2.41 bits per heavy atom. The van der Waals surface area contributed by atoms with Crippen LogP contribution in [0.15, 0.2) is 30.3 Å². The standard InChI is InChI=1S/C14H18N2O/c1-10(2)17-14-13(11(3)16(4)15-14)12-8-6-5-7-9-12/h5-10H,1-4H3. The van der Waals surface area contributed by atoms with Gasteiger partial charge >= 0.3 is 0 Å². The average molecular weight is 230 g/mol. The molecule has 0 aliphatic carbocycles. The van der Waals surface area contributed by atoms with Crippen LogP contribution in [0.5, 0.6) is 5.88 Å². The summed E-state index contributed by atoms with van der Waals surface area (Å²) < 4.78 is 7.63. The molecule has 2 aromatic rings. The Hall–Kier alpha value is -1.77. The van der Waals surface area contributed by atoms with Crippen molar-refractivity contribution in [3.63, 3.8) is 0 Å². The maximum atomic E-state index is 5.77. The summed E-state index contributed by atoms with van der Waals surface area (Å²) in [6.07, 6.45) is 0.131. The van der Waals surface area contributed by atoms with E-state index in [1.807, 2.05) is 43.8 Å². The van der Waals surface area contributed by atoms with E-state index in [1.165, 1.54) is 0 Å². The molecule has 0 radical (unpaired) electrons. The van der Waals surface area contributed by atoms with Crippen LogP contribution in [0.2, 0.25) is 0 Å². The fourth-order valence-electron chi connectivity index (χ4n) is 1.82. The average Bonchev–Trinajstić information content (AvgIpc) is 2.55. The van der Waals surface area contributed by atoms with E-state index < -0.39 is 0 Å². The van der Waals surface area contributed by atoms with Crippen molar-refractivity contribution in [1.82, 2.24) is 9.78 Å². The summed E-state index contributed by atoms with van der Waals surface area (Å²) in [7, 11) is 1.94. The molecule has 1 heterocycles. The lowest BCUT2D eigenvalue weighted by atomic mass is 10.1. The van der Waals surface area contributed by atoms with Crippen molar-refractivity contribution in [3.05, 3.63) is 36.0 Å². The van der Waals surface area contributed by atoms with Gasteiger partial charge in [-0.2, -0.15) is 0 Å². The lowest BCUT2D eigenvalue weighted by Crippen LogP contribution is -2.07. The fraction of sp³-hybridized carbons (Fsp3) is 0.357. The lowest BCUT2D eigenvalue weighted by molar-refractivity contribution is 0.231. The minimum Gasteiger partial charge on any atom is -0.473 e. The first-order valence-electron chi connectivity index (χ1n) is 5.85. The van der Waals surface area contributed by atoms with Gasteiger partial charge in [0, 0.05) is 12.7 Å². The molecule has 3 heteroatoms. The van der Waals surface area contributed by atoms with Gasteiger partial charge in [-0.15, -0.1) is 5.10 Å². The summed E-state index contributed by atoms with van der Waals surface area (Å²) in [4.78, 5) is 0. The normalized spacial score (nSPS) is 10.9. The van der Waals surface area contributed by atoms with E-state index in [-0.39, 0.29) is 6.10 Å². The molecule has 90 valence electrons. The van der Waals surface area contributed by atoms with Crippen LogP contribution in [0.25, 0.3) is 11.1 Å². The van der Waals surface area contributed by atoms with Gasteiger partial charge in [0.25, 0.3) is 0 Å². The molecule has 0 amide bonds. The molecule has 1 aromatic heterocycles. The number of hydrogen-bond acceptors (Lipinski definition) is 2. The first-order chi connectivity index (χ1) is 8.09. The number of ether oxygens (including phenoxy) is 1. The van der Waals surface area contributed by atoms with Crippen molar-refractivity contribution >= 4 is 0 Å². The summed E-state index contributed by atoms with van der Waals surface area (Å²) >= 11 is 0. The molecule has 2 rings (SSSR count). The molecule has 0 bridgehead atoms. The molecular formula is C14H18N2O. The van der Waals surface area contributed by atoms with Gasteiger partial charge in [-0.3, -0.25) is 4.68 Å².